The van der Waals surface area contributed by atoms with Crippen molar-refractivity contribution in [3.8, 4) is 5.75 Å². The molecule has 1 saturated heterocycles. The van der Waals surface area contributed by atoms with E-state index in [0.29, 0.717) is 16.8 Å². The van der Waals surface area contributed by atoms with Crippen molar-refractivity contribution in [3.05, 3.63) is 22.7 Å². The minimum atomic E-state index is -3.66. The van der Waals surface area contributed by atoms with Crippen molar-refractivity contribution < 1.29 is 17.9 Å². The van der Waals surface area contributed by atoms with Crippen molar-refractivity contribution in [1.29, 1.82) is 0 Å². The normalized spacial score (nSPS) is 19.6. The van der Waals surface area contributed by atoms with Crippen molar-refractivity contribution in [2.24, 2.45) is 0 Å². The second kappa shape index (κ2) is 5.05. The molecule has 0 spiro atoms. The van der Waals surface area contributed by atoms with Crippen LogP contribution in [0.3, 0.4) is 0 Å². The Hall–Kier alpha value is -0.630. The summed E-state index contributed by atoms with van der Waals surface area (Å²) < 4.78 is 37.9. The van der Waals surface area contributed by atoms with E-state index in [4.69, 9.17) is 9.47 Å². The zero-order valence-corrected chi connectivity index (χ0v) is 13.4. The highest BCUT2D eigenvalue weighted by Gasteiger charge is 2.43. The summed E-state index contributed by atoms with van der Waals surface area (Å²) in [6.07, 6.45) is 0. The Morgan fingerprint density at radius 1 is 1.42 bits per heavy atom. The van der Waals surface area contributed by atoms with Crippen LogP contribution in [0.15, 0.2) is 27.6 Å². The Morgan fingerprint density at radius 3 is 2.63 bits per heavy atom. The molecule has 1 aliphatic heterocycles. The van der Waals surface area contributed by atoms with Crippen LogP contribution in [-0.2, 0) is 14.8 Å². The van der Waals surface area contributed by atoms with E-state index in [9.17, 15) is 8.42 Å². The summed E-state index contributed by atoms with van der Waals surface area (Å²) in [5.74, 6) is 0.325. The number of rotatable bonds is 3. The number of hydrogen-bond acceptors (Lipinski definition) is 4. The third-order valence-corrected chi connectivity index (χ3v) is 5.58. The molecular formula is C12H16BrNO4S. The average Bonchev–Trinajstić information content (AvgIpc) is 2.69. The summed E-state index contributed by atoms with van der Waals surface area (Å²) in [6, 6.07) is 4.91. The first-order valence-corrected chi connectivity index (χ1v) is 7.96. The lowest BCUT2D eigenvalue weighted by Gasteiger charge is -2.28. The van der Waals surface area contributed by atoms with Crippen LogP contribution in [0, 0.1) is 0 Å². The Kier molecular flexibility index (Phi) is 3.92. The molecule has 0 N–H and O–H groups in total. The van der Waals surface area contributed by atoms with E-state index in [1.807, 2.05) is 13.8 Å². The van der Waals surface area contributed by atoms with Gasteiger partial charge in [-0.2, -0.15) is 4.31 Å². The van der Waals surface area contributed by atoms with E-state index in [-0.39, 0.29) is 11.6 Å². The molecule has 1 aromatic rings. The molecule has 0 atom stereocenters. The van der Waals surface area contributed by atoms with Crippen molar-refractivity contribution in [2.45, 2.75) is 24.3 Å². The molecule has 1 aromatic carbocycles. The fourth-order valence-corrected chi connectivity index (χ4v) is 4.34. The second-order valence-electron chi connectivity index (χ2n) is 4.94. The molecule has 0 aliphatic carbocycles. The van der Waals surface area contributed by atoms with Crippen LogP contribution in [-0.4, -0.2) is 38.7 Å². The lowest BCUT2D eigenvalue weighted by molar-refractivity contribution is 0.171. The molecule has 106 valence electrons. The highest BCUT2D eigenvalue weighted by atomic mass is 79.9. The fourth-order valence-electron chi connectivity index (χ4n) is 1.99. The van der Waals surface area contributed by atoms with Crippen LogP contribution >= 0.6 is 15.9 Å². The van der Waals surface area contributed by atoms with Gasteiger partial charge in [-0.05, 0) is 32.0 Å². The minimum absolute atomic E-state index is 0.0605. The predicted octanol–water partition coefficient (Wildman–Crippen LogP) is 2.21. The monoisotopic (exact) mass is 349 g/mol. The van der Waals surface area contributed by atoms with Gasteiger partial charge in [-0.3, -0.25) is 0 Å². The van der Waals surface area contributed by atoms with Gasteiger partial charge in [0.2, 0.25) is 10.0 Å². The third kappa shape index (κ3) is 2.65. The van der Waals surface area contributed by atoms with Gasteiger partial charge in [-0.15, -0.1) is 0 Å². The molecule has 0 radical (unpaired) electrons. The number of benzene rings is 1. The predicted molar refractivity (Wildman–Crippen MR) is 74.6 cm³/mol. The highest BCUT2D eigenvalue weighted by molar-refractivity contribution is 9.10. The lowest BCUT2D eigenvalue weighted by atomic mass is 10.1. The van der Waals surface area contributed by atoms with Crippen LogP contribution in [0.5, 0.6) is 5.75 Å². The maximum atomic E-state index is 12.7. The number of hydrogen-bond donors (Lipinski definition) is 0. The molecule has 1 aliphatic rings. The van der Waals surface area contributed by atoms with Crippen LogP contribution in [0.1, 0.15) is 13.8 Å². The molecule has 19 heavy (non-hydrogen) atoms. The summed E-state index contributed by atoms with van der Waals surface area (Å²) in [6.45, 7) is 4.11. The van der Waals surface area contributed by atoms with Crippen LogP contribution < -0.4 is 4.74 Å². The Labute approximate surface area is 121 Å². The zero-order chi connectivity index (χ0) is 14.3. The first-order valence-electron chi connectivity index (χ1n) is 5.73. The van der Waals surface area contributed by atoms with Crippen molar-refractivity contribution in [3.63, 3.8) is 0 Å². The number of methoxy groups -OCH3 is 1. The van der Waals surface area contributed by atoms with E-state index in [1.54, 1.807) is 18.2 Å². The molecule has 5 nitrogen and oxygen atoms in total. The van der Waals surface area contributed by atoms with Gasteiger partial charge < -0.3 is 9.47 Å². The molecule has 1 heterocycles. The smallest absolute Gasteiger partial charge is 0.249 e. The van der Waals surface area contributed by atoms with Crippen LogP contribution in [0.25, 0.3) is 0 Å². The van der Waals surface area contributed by atoms with Crippen molar-refractivity contribution in [2.75, 3.05) is 20.4 Å². The summed E-state index contributed by atoms with van der Waals surface area (Å²) in [7, 11) is -2.21. The lowest BCUT2D eigenvalue weighted by Crippen LogP contribution is -2.44. The van der Waals surface area contributed by atoms with Gasteiger partial charge in [-0.1, -0.05) is 15.9 Å². The number of nitrogens with zero attached hydrogens (tertiary/aromatic N) is 1. The van der Waals surface area contributed by atoms with Crippen molar-refractivity contribution in [1.82, 2.24) is 4.31 Å². The maximum absolute atomic E-state index is 12.7. The highest BCUT2D eigenvalue weighted by Crippen LogP contribution is 2.34. The van der Waals surface area contributed by atoms with Gasteiger partial charge in [0.25, 0.3) is 0 Å². The molecule has 1 fully saturated rings. The summed E-state index contributed by atoms with van der Waals surface area (Å²) in [4.78, 5) is 0.142. The van der Waals surface area contributed by atoms with E-state index < -0.39 is 15.6 Å². The average molecular weight is 350 g/mol. The Bertz CT molecular complexity index is 585. The first kappa shape index (κ1) is 14.8. The van der Waals surface area contributed by atoms with Gasteiger partial charge >= 0.3 is 0 Å². The topological polar surface area (TPSA) is 55.8 Å². The maximum Gasteiger partial charge on any atom is 0.249 e. The minimum Gasteiger partial charge on any atom is -0.495 e. The standard InChI is InChI=1S/C12H16BrNO4S/c1-12(2)7-18-8-14(12)19(15,16)11-6-9(13)4-5-10(11)17-3/h4-6H,7-8H2,1-3H3. The van der Waals surface area contributed by atoms with E-state index in [0.717, 1.165) is 0 Å². The fraction of sp³-hybridized carbons (Fsp3) is 0.500. The van der Waals surface area contributed by atoms with Gasteiger partial charge in [0, 0.05) is 4.47 Å². The molecule has 0 bridgehead atoms. The molecule has 0 aromatic heterocycles. The number of halogens is 1. The molecular weight excluding hydrogens is 334 g/mol. The summed E-state index contributed by atoms with van der Waals surface area (Å²) >= 11 is 3.29. The quantitative estimate of drug-likeness (QED) is 0.839. The first-order chi connectivity index (χ1) is 8.79. The molecule has 0 amide bonds. The van der Waals surface area contributed by atoms with Gasteiger partial charge in [0.15, 0.2) is 0 Å². The SMILES string of the molecule is COc1ccc(Br)cc1S(=O)(=O)N1COCC1(C)C. The van der Waals surface area contributed by atoms with E-state index in [1.165, 1.54) is 11.4 Å². The van der Waals surface area contributed by atoms with Gasteiger partial charge in [-0.25, -0.2) is 8.42 Å². The van der Waals surface area contributed by atoms with Crippen LogP contribution in [0.2, 0.25) is 0 Å². The van der Waals surface area contributed by atoms with Gasteiger partial charge in [0.05, 0.1) is 19.3 Å². The zero-order valence-electron chi connectivity index (χ0n) is 11.0. The summed E-state index contributed by atoms with van der Waals surface area (Å²) in [5, 5.41) is 0. The Morgan fingerprint density at radius 2 is 2.11 bits per heavy atom. The number of sulfonamides is 1. The van der Waals surface area contributed by atoms with Crippen LogP contribution in [0.4, 0.5) is 0 Å². The molecule has 7 heteroatoms. The third-order valence-electron chi connectivity index (χ3n) is 3.03. The molecule has 2 rings (SSSR count). The van der Waals surface area contributed by atoms with E-state index in [2.05, 4.69) is 15.9 Å². The van der Waals surface area contributed by atoms with Crippen molar-refractivity contribution >= 4 is 26.0 Å². The largest absolute Gasteiger partial charge is 0.495 e. The summed E-state index contributed by atoms with van der Waals surface area (Å²) in [5.41, 5.74) is -0.563. The molecule has 0 saturated carbocycles. The van der Waals surface area contributed by atoms with Gasteiger partial charge in [0.1, 0.15) is 17.4 Å². The number of ether oxygens (including phenoxy) is 2. The van der Waals surface area contributed by atoms with E-state index >= 15 is 0 Å². The second-order valence-corrected chi connectivity index (χ2v) is 7.69. The Balaban J connectivity index is 2.54. The molecule has 0 unspecified atom stereocenters.